The Labute approximate surface area is 63.3 Å². The quantitative estimate of drug-likeness (QED) is 0.366. The summed E-state index contributed by atoms with van der Waals surface area (Å²) in [4.78, 5) is 0. The first-order valence-electron chi connectivity index (χ1n) is 3.09. The molecular formula is C5H12N2O2S. The Kier molecular flexibility index (Phi) is 5.38. The summed E-state index contributed by atoms with van der Waals surface area (Å²) in [6, 6.07) is 0. The summed E-state index contributed by atoms with van der Waals surface area (Å²) in [5.74, 6) is 0. The van der Waals surface area contributed by atoms with E-state index in [0.29, 0.717) is 13.1 Å². The zero-order valence-electron chi connectivity index (χ0n) is 6.16. The molecule has 0 aliphatic rings. The number of rotatable bonds is 5. The standard InChI is InChI=1S/C5H12N2O2S/c1-3-7(4-2)9-10(8)5-6/h5-6H,3-4H2,1-2H3. The molecular weight excluding hydrogens is 152 g/mol. The van der Waals surface area contributed by atoms with Crippen molar-refractivity contribution in [2.24, 2.45) is 0 Å². The average Bonchev–Trinajstić information content (AvgIpc) is 1.99. The zero-order chi connectivity index (χ0) is 7.98. The van der Waals surface area contributed by atoms with E-state index >= 15 is 0 Å². The lowest BCUT2D eigenvalue weighted by Gasteiger charge is -2.13. The van der Waals surface area contributed by atoms with Crippen LogP contribution in [0, 0.1) is 5.41 Å². The first-order valence-corrected chi connectivity index (χ1v) is 4.23. The molecule has 10 heavy (non-hydrogen) atoms. The molecule has 0 aliphatic heterocycles. The summed E-state index contributed by atoms with van der Waals surface area (Å²) in [6.45, 7) is 5.14. The van der Waals surface area contributed by atoms with Crippen LogP contribution < -0.4 is 0 Å². The van der Waals surface area contributed by atoms with E-state index in [1.165, 1.54) is 5.06 Å². The molecule has 1 N–H and O–H groups in total. The Balaban J connectivity index is 3.62. The Morgan fingerprint density at radius 1 is 1.60 bits per heavy atom. The molecule has 0 aliphatic carbocycles. The van der Waals surface area contributed by atoms with Gasteiger partial charge in [0.1, 0.15) is 5.55 Å². The Morgan fingerprint density at radius 2 is 2.10 bits per heavy atom. The highest BCUT2D eigenvalue weighted by Gasteiger charge is 2.01. The maximum Gasteiger partial charge on any atom is 0.217 e. The fourth-order valence-corrected chi connectivity index (χ4v) is 0.916. The summed E-state index contributed by atoms with van der Waals surface area (Å²) in [6.07, 6.45) is 0. The molecule has 0 fully saturated rings. The monoisotopic (exact) mass is 164 g/mol. The van der Waals surface area contributed by atoms with Crippen molar-refractivity contribution in [3.05, 3.63) is 0 Å². The molecule has 0 rings (SSSR count). The van der Waals surface area contributed by atoms with E-state index in [9.17, 15) is 4.21 Å². The van der Waals surface area contributed by atoms with Crippen LogP contribution in [-0.2, 0) is 15.4 Å². The molecule has 60 valence electrons. The summed E-state index contributed by atoms with van der Waals surface area (Å²) >= 11 is -1.59. The molecule has 1 atom stereocenters. The lowest BCUT2D eigenvalue weighted by atomic mass is 10.6. The molecule has 5 heteroatoms. The van der Waals surface area contributed by atoms with Crippen LogP contribution in [0.25, 0.3) is 0 Å². The highest BCUT2D eigenvalue weighted by atomic mass is 32.2. The molecule has 0 amide bonds. The number of hydroxylamine groups is 2. The van der Waals surface area contributed by atoms with Gasteiger partial charge in [-0.3, -0.25) is 5.41 Å². The van der Waals surface area contributed by atoms with Gasteiger partial charge in [0.25, 0.3) is 0 Å². The fraction of sp³-hybridized carbons (Fsp3) is 0.800. The van der Waals surface area contributed by atoms with Crippen LogP contribution in [0.2, 0.25) is 0 Å². The van der Waals surface area contributed by atoms with Crippen LogP contribution in [0.1, 0.15) is 13.8 Å². The van der Waals surface area contributed by atoms with Crippen molar-refractivity contribution < 1.29 is 8.49 Å². The summed E-state index contributed by atoms with van der Waals surface area (Å²) < 4.78 is 15.3. The first kappa shape index (κ1) is 9.74. The minimum absolute atomic E-state index is 0.677. The van der Waals surface area contributed by atoms with Gasteiger partial charge in [-0.15, -0.1) is 0 Å². The predicted molar refractivity (Wildman–Crippen MR) is 40.9 cm³/mol. The van der Waals surface area contributed by atoms with Gasteiger partial charge < -0.3 is 0 Å². The molecule has 0 aromatic heterocycles. The highest BCUT2D eigenvalue weighted by Crippen LogP contribution is 1.90. The largest absolute Gasteiger partial charge is 0.297 e. The Morgan fingerprint density at radius 3 is 2.40 bits per heavy atom. The van der Waals surface area contributed by atoms with Crippen molar-refractivity contribution in [3.8, 4) is 0 Å². The molecule has 0 heterocycles. The van der Waals surface area contributed by atoms with Crippen molar-refractivity contribution in [1.82, 2.24) is 5.06 Å². The summed E-state index contributed by atoms with van der Waals surface area (Å²) in [5.41, 5.74) is 0.762. The van der Waals surface area contributed by atoms with Gasteiger partial charge in [0, 0.05) is 13.1 Å². The van der Waals surface area contributed by atoms with Gasteiger partial charge in [-0.25, -0.2) is 4.21 Å². The van der Waals surface area contributed by atoms with Crippen molar-refractivity contribution in [2.75, 3.05) is 13.1 Å². The molecule has 0 aromatic carbocycles. The molecule has 0 spiro atoms. The van der Waals surface area contributed by atoms with Crippen LogP contribution in [0.15, 0.2) is 0 Å². The fourth-order valence-electron chi connectivity index (χ4n) is 0.454. The highest BCUT2D eigenvalue weighted by molar-refractivity contribution is 7.94. The van der Waals surface area contributed by atoms with E-state index in [2.05, 4.69) is 0 Å². The Bertz CT molecular complexity index is 125. The third-order valence-electron chi connectivity index (χ3n) is 0.981. The second-order valence-corrected chi connectivity index (χ2v) is 2.47. The topological polar surface area (TPSA) is 53.4 Å². The third kappa shape index (κ3) is 3.71. The van der Waals surface area contributed by atoms with E-state index in [-0.39, 0.29) is 0 Å². The molecule has 0 saturated carbocycles. The molecule has 1 unspecified atom stereocenters. The predicted octanol–water partition coefficient (Wildman–Crippen LogP) is 0.531. The van der Waals surface area contributed by atoms with Gasteiger partial charge in [0.05, 0.1) is 0 Å². The zero-order valence-corrected chi connectivity index (χ0v) is 6.98. The van der Waals surface area contributed by atoms with Crippen molar-refractivity contribution in [1.29, 1.82) is 5.41 Å². The molecule has 0 aromatic rings. The van der Waals surface area contributed by atoms with E-state index < -0.39 is 11.1 Å². The Hall–Kier alpha value is -0.260. The lowest BCUT2D eigenvalue weighted by molar-refractivity contribution is -0.0320. The first-order chi connectivity index (χ1) is 4.74. The number of nitrogens with one attached hydrogen (secondary N) is 1. The molecule has 4 nitrogen and oxygen atoms in total. The molecule has 0 bridgehead atoms. The minimum Gasteiger partial charge on any atom is -0.297 e. The van der Waals surface area contributed by atoms with Gasteiger partial charge in [-0.05, 0) is 0 Å². The summed E-state index contributed by atoms with van der Waals surface area (Å²) in [5, 5.41) is 8.10. The lowest BCUT2D eigenvalue weighted by Crippen LogP contribution is -2.24. The average molecular weight is 164 g/mol. The van der Waals surface area contributed by atoms with Crippen LogP contribution in [0.5, 0.6) is 0 Å². The third-order valence-corrected chi connectivity index (χ3v) is 1.53. The van der Waals surface area contributed by atoms with Crippen molar-refractivity contribution in [2.45, 2.75) is 13.8 Å². The number of hydrogen-bond donors (Lipinski definition) is 1. The van der Waals surface area contributed by atoms with Gasteiger partial charge in [-0.1, -0.05) is 13.8 Å². The van der Waals surface area contributed by atoms with Crippen LogP contribution in [0.4, 0.5) is 0 Å². The second kappa shape index (κ2) is 5.52. The number of hydrogen-bond acceptors (Lipinski definition) is 4. The van der Waals surface area contributed by atoms with Crippen LogP contribution in [-0.4, -0.2) is 27.9 Å². The smallest absolute Gasteiger partial charge is 0.217 e. The van der Waals surface area contributed by atoms with Crippen LogP contribution >= 0.6 is 0 Å². The van der Waals surface area contributed by atoms with Gasteiger partial charge in [0.2, 0.25) is 11.1 Å². The molecule has 0 saturated heterocycles. The van der Waals surface area contributed by atoms with Gasteiger partial charge >= 0.3 is 0 Å². The number of nitrogens with zero attached hydrogens (tertiary/aromatic N) is 1. The van der Waals surface area contributed by atoms with E-state index in [1.807, 2.05) is 13.8 Å². The minimum atomic E-state index is -1.59. The van der Waals surface area contributed by atoms with Crippen LogP contribution in [0.3, 0.4) is 0 Å². The maximum absolute atomic E-state index is 10.5. The van der Waals surface area contributed by atoms with Crippen molar-refractivity contribution in [3.63, 3.8) is 0 Å². The van der Waals surface area contributed by atoms with E-state index in [0.717, 1.165) is 5.55 Å². The van der Waals surface area contributed by atoms with E-state index in [1.54, 1.807) is 0 Å². The van der Waals surface area contributed by atoms with Gasteiger partial charge in [-0.2, -0.15) is 9.35 Å². The SMILES string of the molecule is CCN(CC)OS(=O)C=N. The second-order valence-electron chi connectivity index (χ2n) is 1.57. The summed E-state index contributed by atoms with van der Waals surface area (Å²) in [7, 11) is 0. The normalized spacial score (nSPS) is 13.5. The molecule has 0 radical (unpaired) electrons. The van der Waals surface area contributed by atoms with Gasteiger partial charge in [0.15, 0.2) is 0 Å². The van der Waals surface area contributed by atoms with Crippen molar-refractivity contribution >= 4 is 16.6 Å². The maximum atomic E-state index is 10.5. The van der Waals surface area contributed by atoms with E-state index in [4.69, 9.17) is 9.69 Å².